The van der Waals surface area contributed by atoms with E-state index in [0.29, 0.717) is 22.6 Å². The van der Waals surface area contributed by atoms with Crippen LogP contribution in [0.3, 0.4) is 0 Å². The lowest BCUT2D eigenvalue weighted by Crippen LogP contribution is -2.23. The zero-order chi connectivity index (χ0) is 25.5. The number of hydrogen-bond acceptors (Lipinski definition) is 6. The van der Waals surface area contributed by atoms with E-state index < -0.39 is 5.91 Å². The third-order valence-corrected chi connectivity index (χ3v) is 8.04. The molecular weight excluding hydrogens is 484 g/mol. The summed E-state index contributed by atoms with van der Waals surface area (Å²) in [5.74, 6) is 0.305. The van der Waals surface area contributed by atoms with Crippen LogP contribution in [0.25, 0.3) is 26.7 Å². The van der Waals surface area contributed by atoms with Crippen molar-refractivity contribution in [1.82, 2.24) is 15.0 Å². The van der Waals surface area contributed by atoms with Crippen molar-refractivity contribution < 1.29 is 9.90 Å². The molecule has 1 aliphatic rings. The van der Waals surface area contributed by atoms with Gasteiger partial charge in [-0.3, -0.25) is 14.2 Å². The van der Waals surface area contributed by atoms with Gasteiger partial charge in [-0.25, -0.2) is 10.4 Å². The fourth-order valence-corrected chi connectivity index (χ4v) is 6.31. The number of carbonyl (C=O) groups is 1. The zero-order valence-electron chi connectivity index (χ0n) is 20.2. The summed E-state index contributed by atoms with van der Waals surface area (Å²) >= 11 is 1.64. The molecule has 0 bridgehead atoms. The number of fused-ring (bicyclic) bond motifs is 4. The second-order valence-corrected chi connectivity index (χ2v) is 10.2. The number of carbonyl (C=O) groups excluding carboxylic acids is 1. The lowest BCUT2D eigenvalue weighted by atomic mass is 9.97. The number of nitrogens with zero attached hydrogens (tertiary/aromatic N) is 3. The number of benzene rings is 3. The molecule has 0 radical (unpaired) electrons. The quantitative estimate of drug-likeness (QED) is 0.256. The Labute approximate surface area is 216 Å². The van der Waals surface area contributed by atoms with Crippen LogP contribution >= 0.6 is 11.3 Å². The van der Waals surface area contributed by atoms with Crippen LogP contribution in [0.15, 0.2) is 70.6 Å². The van der Waals surface area contributed by atoms with Crippen LogP contribution in [-0.2, 0) is 12.8 Å². The third-order valence-electron chi connectivity index (χ3n) is 6.85. The van der Waals surface area contributed by atoms with Gasteiger partial charge in [-0.15, -0.1) is 11.3 Å². The summed E-state index contributed by atoms with van der Waals surface area (Å²) in [6.45, 7) is 1.83. The molecule has 0 aliphatic heterocycles. The first-order valence-corrected chi connectivity index (χ1v) is 13.0. The summed E-state index contributed by atoms with van der Waals surface area (Å²) in [5, 5.41) is 16.8. The van der Waals surface area contributed by atoms with Crippen LogP contribution in [0.2, 0.25) is 0 Å². The lowest BCUT2D eigenvalue weighted by Gasteiger charge is -2.12. The standard InChI is InChI=1S/C29H24N4O3S/c1-17-31-28-26(22-8-4-5-9-25(22)37-28)29(36)33(17)20-13-10-19(11-14-20)27(35)32-30-16-23-21-7-3-2-6-18(21)12-15-24(23)34/h2-3,6-7,10-16,34H,4-5,8-9H2,1H3,(H,32,35)/b30-16-. The fraction of sp³-hybridized carbons (Fsp3) is 0.172. The van der Waals surface area contributed by atoms with Gasteiger partial charge in [-0.05, 0) is 79.3 Å². The van der Waals surface area contributed by atoms with E-state index in [4.69, 9.17) is 4.98 Å². The van der Waals surface area contributed by atoms with Crippen molar-refractivity contribution in [1.29, 1.82) is 0 Å². The Bertz CT molecular complexity index is 1770. The summed E-state index contributed by atoms with van der Waals surface area (Å²) in [5.41, 5.74) is 5.20. The van der Waals surface area contributed by atoms with E-state index in [0.717, 1.165) is 52.2 Å². The van der Waals surface area contributed by atoms with Crippen molar-refractivity contribution in [3.8, 4) is 11.4 Å². The molecule has 7 nitrogen and oxygen atoms in total. The maximum atomic E-state index is 13.5. The van der Waals surface area contributed by atoms with Crippen molar-refractivity contribution in [2.24, 2.45) is 5.10 Å². The van der Waals surface area contributed by atoms with E-state index in [1.165, 1.54) is 11.1 Å². The number of aromatic nitrogens is 2. The van der Waals surface area contributed by atoms with Gasteiger partial charge in [-0.1, -0.05) is 30.3 Å². The average molecular weight is 509 g/mol. The second-order valence-electron chi connectivity index (χ2n) is 9.16. The smallest absolute Gasteiger partial charge is 0.271 e. The number of thiophene rings is 1. The SMILES string of the molecule is Cc1nc2sc3c(c2c(=O)n1-c1ccc(C(=O)N/N=C\c2c(O)ccc4ccccc24)cc1)CCCC3. The third kappa shape index (κ3) is 4.09. The Morgan fingerprint density at radius 2 is 1.86 bits per heavy atom. The highest BCUT2D eigenvalue weighted by atomic mass is 32.1. The summed E-state index contributed by atoms with van der Waals surface area (Å²) in [6, 6.07) is 17.9. The Kier molecular flexibility index (Phi) is 5.81. The van der Waals surface area contributed by atoms with Crippen LogP contribution in [0.4, 0.5) is 0 Å². The molecule has 0 saturated heterocycles. The largest absolute Gasteiger partial charge is 0.507 e. The molecule has 1 amide bonds. The predicted molar refractivity (Wildman–Crippen MR) is 147 cm³/mol. The molecule has 1 aliphatic carbocycles. The number of amides is 1. The Morgan fingerprint density at radius 3 is 2.70 bits per heavy atom. The van der Waals surface area contributed by atoms with Crippen molar-refractivity contribution in [2.75, 3.05) is 0 Å². The molecule has 0 spiro atoms. The van der Waals surface area contributed by atoms with E-state index in [-0.39, 0.29) is 11.3 Å². The van der Waals surface area contributed by atoms with E-state index in [2.05, 4.69) is 10.5 Å². The molecule has 0 saturated carbocycles. The topological polar surface area (TPSA) is 96.6 Å². The molecule has 8 heteroatoms. The van der Waals surface area contributed by atoms with Crippen molar-refractivity contribution >= 4 is 44.4 Å². The van der Waals surface area contributed by atoms with Gasteiger partial charge >= 0.3 is 0 Å². The predicted octanol–water partition coefficient (Wildman–Crippen LogP) is 5.26. The highest BCUT2D eigenvalue weighted by Crippen LogP contribution is 2.34. The minimum Gasteiger partial charge on any atom is -0.507 e. The Balaban J connectivity index is 1.26. The number of rotatable bonds is 4. The number of phenols is 1. The van der Waals surface area contributed by atoms with Crippen molar-refractivity contribution in [3.05, 3.63) is 98.4 Å². The van der Waals surface area contributed by atoms with Gasteiger partial charge in [0.2, 0.25) is 0 Å². The van der Waals surface area contributed by atoms with Gasteiger partial charge in [-0.2, -0.15) is 5.10 Å². The average Bonchev–Trinajstić information content (AvgIpc) is 3.28. The zero-order valence-corrected chi connectivity index (χ0v) is 21.0. The number of nitrogens with one attached hydrogen (secondary N) is 1. The normalized spacial score (nSPS) is 13.3. The van der Waals surface area contributed by atoms with E-state index >= 15 is 0 Å². The minimum absolute atomic E-state index is 0.0569. The van der Waals surface area contributed by atoms with Gasteiger partial charge in [0.15, 0.2) is 0 Å². The monoisotopic (exact) mass is 508 g/mol. The van der Waals surface area contributed by atoms with Crippen LogP contribution in [0.5, 0.6) is 5.75 Å². The maximum Gasteiger partial charge on any atom is 0.271 e. The molecule has 2 N–H and O–H groups in total. The number of aryl methyl sites for hydroxylation is 3. The Hall–Kier alpha value is -4.30. The van der Waals surface area contributed by atoms with Gasteiger partial charge in [0.25, 0.3) is 11.5 Å². The highest BCUT2D eigenvalue weighted by molar-refractivity contribution is 7.18. The molecule has 2 heterocycles. The summed E-state index contributed by atoms with van der Waals surface area (Å²) in [7, 11) is 0. The van der Waals surface area contributed by atoms with Crippen molar-refractivity contribution in [2.45, 2.75) is 32.6 Å². The molecule has 0 fully saturated rings. The van der Waals surface area contributed by atoms with Crippen molar-refractivity contribution in [3.63, 3.8) is 0 Å². The first kappa shape index (κ1) is 23.1. The van der Waals surface area contributed by atoms with Crippen LogP contribution in [0, 0.1) is 6.92 Å². The number of aromatic hydroxyl groups is 1. The molecule has 37 heavy (non-hydrogen) atoms. The highest BCUT2D eigenvalue weighted by Gasteiger charge is 2.21. The Morgan fingerprint density at radius 1 is 1.08 bits per heavy atom. The van der Waals surface area contributed by atoms with Crippen LogP contribution in [0.1, 0.15) is 45.0 Å². The maximum absolute atomic E-state index is 13.5. The molecule has 3 aromatic carbocycles. The first-order chi connectivity index (χ1) is 18.0. The van der Waals surface area contributed by atoms with Gasteiger partial charge < -0.3 is 5.11 Å². The van der Waals surface area contributed by atoms with E-state index in [1.807, 2.05) is 37.3 Å². The molecule has 0 atom stereocenters. The minimum atomic E-state index is -0.396. The molecule has 2 aromatic heterocycles. The number of hydrogen-bond donors (Lipinski definition) is 2. The van der Waals surface area contributed by atoms with E-state index in [1.54, 1.807) is 46.2 Å². The molecule has 0 unspecified atom stereocenters. The number of phenolic OH excluding ortho intramolecular Hbond substituents is 1. The summed E-state index contributed by atoms with van der Waals surface area (Å²) in [6.07, 6.45) is 5.63. The van der Waals surface area contributed by atoms with Crippen LogP contribution in [-0.4, -0.2) is 26.8 Å². The molecule has 184 valence electrons. The first-order valence-electron chi connectivity index (χ1n) is 12.2. The molecule has 6 rings (SSSR count). The summed E-state index contributed by atoms with van der Waals surface area (Å²) in [4.78, 5) is 33.0. The van der Waals surface area contributed by atoms with Crippen LogP contribution < -0.4 is 11.0 Å². The molecular formula is C29H24N4O3S. The molecule has 5 aromatic rings. The van der Waals surface area contributed by atoms with Gasteiger partial charge in [0.1, 0.15) is 16.4 Å². The van der Waals surface area contributed by atoms with Gasteiger partial charge in [0, 0.05) is 16.0 Å². The lowest BCUT2D eigenvalue weighted by molar-refractivity contribution is 0.0955. The second kappa shape index (κ2) is 9.29. The fourth-order valence-electron chi connectivity index (χ4n) is 5.01. The van der Waals surface area contributed by atoms with E-state index in [9.17, 15) is 14.7 Å². The number of hydrazone groups is 1. The summed E-state index contributed by atoms with van der Waals surface area (Å²) < 4.78 is 1.62. The van der Waals surface area contributed by atoms with Gasteiger partial charge in [0.05, 0.1) is 17.3 Å².